The average Bonchev–Trinajstić information content (AvgIpc) is 1.65. The van der Waals surface area contributed by atoms with Gasteiger partial charge in [0.2, 0.25) is 22.7 Å². The molecule has 0 aliphatic heterocycles. The third-order valence-electron chi connectivity index (χ3n) is 24.3. The van der Waals surface area contributed by atoms with Crippen LogP contribution in [0.3, 0.4) is 0 Å². The largest absolute Gasteiger partial charge is 0.412 e. The molecule has 680 valence electrons. The Balaban J connectivity index is 0.000000257. The quantitative estimate of drug-likeness (QED) is 0.0343. The molecule has 34 nitrogen and oxygen atoms in total. The Morgan fingerprint density at radius 3 is 0.778 bits per heavy atom. The van der Waals surface area contributed by atoms with Crippen molar-refractivity contribution < 1.29 is 41.6 Å². The number of carbonyl (C=O) groups is 2. The SMILES string of the molecule is C[C@@H]1CCCC[C@@H]1N.C[C@@H]1CCCC[C@@H]1Nc1c(C(N)=O)cnn2cccc12.C[C@H]1CCCC[C@H]1N.C[C@H]1CCCC[C@H]1Nc1c(C(N)=O)cnn2cccc12.N.N.O.O.OO.OO.[C-]#[N+]c1cnn2cccc2c1Cl.[C-]#[N+]c1cnn2cccc2c1Cl.[C-]#[N+]c1cnn2cccc2c1N[C@@H]1CCCC[C@@H]1C.[C-]#[N+]c1cnn2cccc2c1N[C@H]1CCCC[C@H]1C. The van der Waals surface area contributed by atoms with Crippen LogP contribution in [0.2, 0.25) is 10.0 Å². The van der Waals surface area contributed by atoms with Crippen molar-refractivity contribution in [3.63, 3.8) is 0 Å². The number of amides is 2. The highest BCUT2D eigenvalue weighted by molar-refractivity contribution is 6.37. The number of nitrogens with two attached hydrogens (primary N) is 4. The lowest BCUT2D eigenvalue weighted by Gasteiger charge is -2.31. The molecule has 12 atom stereocenters. The van der Waals surface area contributed by atoms with Crippen LogP contribution in [-0.2, 0) is 0 Å². The van der Waals surface area contributed by atoms with Crippen LogP contribution in [0, 0.1) is 61.8 Å². The number of anilines is 4. The number of halogens is 2. The van der Waals surface area contributed by atoms with Crippen LogP contribution in [0.15, 0.2) is 147 Å². The van der Waals surface area contributed by atoms with Crippen molar-refractivity contribution in [2.75, 3.05) is 21.3 Å². The molecule has 0 radical (unpaired) electrons. The zero-order chi connectivity index (χ0) is 87.8. The summed E-state index contributed by atoms with van der Waals surface area (Å²) in [7, 11) is 0. The molecule has 36 heteroatoms. The Morgan fingerprint density at radius 2 is 0.548 bits per heavy atom. The van der Waals surface area contributed by atoms with E-state index in [-0.39, 0.29) is 23.3 Å². The van der Waals surface area contributed by atoms with Gasteiger partial charge in [-0.25, -0.2) is 46.5 Å². The van der Waals surface area contributed by atoms with E-state index in [0.717, 1.165) is 80.5 Å². The van der Waals surface area contributed by atoms with E-state index in [1.54, 1.807) is 55.2 Å². The van der Waals surface area contributed by atoms with Crippen molar-refractivity contribution in [2.24, 2.45) is 58.4 Å². The Morgan fingerprint density at radius 1 is 0.341 bits per heavy atom. The first-order chi connectivity index (χ1) is 59.2. The number of fused-ring (bicyclic) bond motifs is 6. The first-order valence-electron chi connectivity index (χ1n) is 42.3. The van der Waals surface area contributed by atoms with Gasteiger partial charge < -0.3 is 67.5 Å². The molecule has 2 amide bonds. The lowest BCUT2D eigenvalue weighted by atomic mass is 9.85. The van der Waals surface area contributed by atoms with Gasteiger partial charge in [-0.15, -0.1) is 0 Å². The van der Waals surface area contributed by atoms with E-state index in [2.05, 4.69) is 113 Å². The van der Waals surface area contributed by atoms with E-state index >= 15 is 0 Å². The zero-order valence-electron chi connectivity index (χ0n) is 73.0. The van der Waals surface area contributed by atoms with Crippen LogP contribution in [0.4, 0.5) is 45.5 Å². The van der Waals surface area contributed by atoms with Gasteiger partial charge in [0.05, 0.1) is 140 Å². The normalized spacial score (nSPS) is 21.3. The van der Waals surface area contributed by atoms with E-state index in [1.807, 2.05) is 107 Å². The number of nitrogens with one attached hydrogen (secondary N) is 4. The van der Waals surface area contributed by atoms with E-state index in [0.29, 0.717) is 104 Å². The maximum absolute atomic E-state index is 11.6. The second kappa shape index (κ2) is 53.0. The fraction of sp³-hybridized carbons (Fsp3) is 0.467. The van der Waals surface area contributed by atoms with Crippen molar-refractivity contribution in [1.29, 1.82) is 0 Å². The van der Waals surface area contributed by atoms with Crippen LogP contribution < -0.4 is 56.5 Å². The number of rotatable bonds is 10. The first-order valence-corrected chi connectivity index (χ1v) is 43.1. The number of carbonyl (C=O) groups excluding carboxylic acids is 2. The van der Waals surface area contributed by atoms with E-state index in [4.69, 9.17) is 93.5 Å². The number of nitrogens with zero attached hydrogens (tertiary/aromatic N) is 16. The Kier molecular flexibility index (Phi) is 44.2. The minimum atomic E-state index is -0.438. The molecule has 12 heterocycles. The summed E-state index contributed by atoms with van der Waals surface area (Å²) in [5, 5.41) is 64.1. The van der Waals surface area contributed by atoms with E-state index in [9.17, 15) is 9.59 Å². The van der Waals surface area contributed by atoms with E-state index < -0.39 is 11.8 Å². The van der Waals surface area contributed by atoms with Crippen molar-refractivity contribution in [3.8, 4) is 0 Å². The van der Waals surface area contributed by atoms with Gasteiger partial charge in [0.1, 0.15) is 0 Å². The number of hydrogen-bond donors (Lipinski definition) is 14. The zero-order valence-corrected chi connectivity index (χ0v) is 74.5. The molecule has 6 aliphatic rings. The molecule has 12 aromatic heterocycles. The highest BCUT2D eigenvalue weighted by atomic mass is 35.5. The topological polar surface area (TPSA) is 522 Å². The van der Waals surface area contributed by atoms with Crippen LogP contribution in [0.5, 0.6) is 0 Å². The van der Waals surface area contributed by atoms with Gasteiger partial charge in [-0.3, -0.25) is 30.6 Å². The molecular weight excluding hydrogens is 1640 g/mol. The molecule has 126 heavy (non-hydrogen) atoms. The van der Waals surface area contributed by atoms with Gasteiger partial charge in [0.25, 0.3) is 11.8 Å². The van der Waals surface area contributed by atoms with Crippen molar-refractivity contribution in [1.82, 2.24) is 70.0 Å². The fourth-order valence-corrected chi connectivity index (χ4v) is 17.2. The first kappa shape index (κ1) is 105. The molecule has 0 spiro atoms. The summed E-state index contributed by atoms with van der Waals surface area (Å²) < 4.78 is 10.5. The summed E-state index contributed by atoms with van der Waals surface area (Å²) in [4.78, 5) is 37.0. The summed E-state index contributed by atoms with van der Waals surface area (Å²) >= 11 is 11.8. The van der Waals surface area contributed by atoms with Gasteiger partial charge >= 0.3 is 0 Å². The van der Waals surface area contributed by atoms with Gasteiger partial charge in [0, 0.05) is 73.4 Å². The second-order valence-corrected chi connectivity index (χ2v) is 33.2. The molecule has 6 aliphatic carbocycles. The molecule has 6 fully saturated rings. The molecule has 0 unspecified atom stereocenters. The maximum atomic E-state index is 11.6. The van der Waals surface area contributed by atoms with Gasteiger partial charge in [-0.1, -0.05) is 142 Å². The van der Waals surface area contributed by atoms with Crippen LogP contribution >= 0.6 is 23.2 Å². The maximum Gasteiger partial charge on any atom is 0.252 e. The van der Waals surface area contributed by atoms with Crippen molar-refractivity contribution in [2.45, 2.75) is 232 Å². The minimum Gasteiger partial charge on any atom is -0.412 e. The minimum absolute atomic E-state index is 0. The predicted octanol–water partition coefficient (Wildman–Crippen LogP) is 19.4. The van der Waals surface area contributed by atoms with Gasteiger partial charge in [0.15, 0.2) is 0 Å². The highest BCUT2D eigenvalue weighted by Crippen LogP contribution is 2.39. The summed E-state index contributed by atoms with van der Waals surface area (Å²) in [6.07, 6.45) is 51.0. The summed E-state index contributed by atoms with van der Waals surface area (Å²) in [5.41, 5.74) is 34.3. The standard InChI is InChI=1S/2C15H20N4O.2C15H18N4.2C8H4ClN3.2C7H15N.2H3N.2H2O2.2H2O/c2*1-10-5-2-3-6-12(10)18-14-11(15(16)20)9-17-19-8-4-7-13(14)19;2*1-11-6-3-4-7-12(11)18-15-13(16-2)10-17-19-9-5-8-14(15)19;2*1-10-6-5-11-12-4-2-3-7(12)8(6)9;2*1-6-4-2-3-5-7(6)8;;;2*1-2;;/h2*4,7-10,12,18H,2-3,5-6H2,1H3,(H2,16,20);2*5,8-12,18H,3-4,6-7H2,1H3;2*2-5H;2*6-7H,2-5,8H2,1H3;2*1H3;2*1-2H;2*1H2/t2*10-,12+;2*11-,12+;;;2*6-,7+;;;;;;/m1010..10....../s1. The van der Waals surface area contributed by atoms with Crippen LogP contribution in [0.1, 0.15) is 216 Å². The third-order valence-corrected chi connectivity index (χ3v) is 25.1. The van der Waals surface area contributed by atoms with Crippen LogP contribution in [0.25, 0.3) is 52.5 Å². The summed E-state index contributed by atoms with van der Waals surface area (Å²) in [6, 6.07) is 25.7. The van der Waals surface area contributed by atoms with Crippen molar-refractivity contribution >= 4 is 114 Å². The van der Waals surface area contributed by atoms with Gasteiger partial charge in [-0.2, -0.15) is 30.6 Å². The molecule has 0 aromatic carbocycles. The molecule has 6 saturated carbocycles. The Bertz CT molecular complexity index is 5150. The van der Waals surface area contributed by atoms with Crippen LogP contribution in [-0.4, -0.2) is 138 Å². The molecule has 0 bridgehead atoms. The summed E-state index contributed by atoms with van der Waals surface area (Å²) in [6.45, 7) is 41.9. The Labute approximate surface area is 746 Å². The van der Waals surface area contributed by atoms with Crippen molar-refractivity contribution in [3.05, 3.63) is 214 Å². The molecule has 26 N–H and O–H groups in total. The Hall–Kier alpha value is -11.6. The number of hydrogen-bond acceptors (Lipinski definition) is 20. The number of aromatic nitrogens is 12. The van der Waals surface area contributed by atoms with Gasteiger partial charge in [-0.05, 0) is 185 Å². The fourth-order valence-electron chi connectivity index (χ4n) is 16.7. The summed E-state index contributed by atoms with van der Waals surface area (Å²) in [5.74, 6) is 3.22. The predicted molar refractivity (Wildman–Crippen MR) is 502 cm³/mol. The monoisotopic (exact) mass is 1770 g/mol. The highest BCUT2D eigenvalue weighted by Gasteiger charge is 2.29. The second-order valence-electron chi connectivity index (χ2n) is 32.5. The molecular formula is C90H128Cl2N26O8. The molecule has 0 saturated heterocycles. The lowest BCUT2D eigenvalue weighted by Crippen LogP contribution is -2.31. The third kappa shape index (κ3) is 27.7. The average molecular weight is 1770 g/mol. The smallest absolute Gasteiger partial charge is 0.252 e. The van der Waals surface area contributed by atoms with E-state index in [1.165, 1.54) is 154 Å². The number of primary amides is 2. The lowest BCUT2D eigenvalue weighted by molar-refractivity contribution is -0.176. The molecule has 18 rings (SSSR count). The molecule has 12 aromatic rings.